The Hall–Kier alpha value is -2.14. The molecule has 2 rings (SSSR count). The van der Waals surface area contributed by atoms with E-state index < -0.39 is 23.3 Å². The maximum Gasteiger partial charge on any atom is 0.344 e. The van der Waals surface area contributed by atoms with Gasteiger partial charge in [0.25, 0.3) is 0 Å². The molecule has 1 aliphatic rings. The number of ether oxygens (including phenoxy) is 3. The van der Waals surface area contributed by atoms with Gasteiger partial charge in [0.05, 0.1) is 18.2 Å². The van der Waals surface area contributed by atoms with E-state index in [0.29, 0.717) is 30.8 Å². The molecule has 2 atom stereocenters. The lowest BCUT2D eigenvalue weighted by molar-refractivity contribution is -0.196. The zero-order chi connectivity index (χ0) is 19.5. The van der Waals surface area contributed by atoms with Crippen LogP contribution in [0.3, 0.4) is 0 Å². The number of nitrogens with two attached hydrogens (primary N) is 1. The summed E-state index contributed by atoms with van der Waals surface area (Å²) in [6.45, 7) is 7.21. The number of hydrogen-bond donors (Lipinski definition) is 1. The molecule has 0 radical (unpaired) electrons. The monoisotopic (exact) mass is 362 g/mol. The first-order chi connectivity index (χ1) is 12.2. The standard InChI is InChI=1S/C19H26N2O5/c1-18(2,3)25-17(22)19(4,26-21)16-9-7-13-14(11-23-5)12(10-20)6-8-15(13)24-16/h6,8,16H,7,9,11,21H2,1-5H3/t16-,19+/m1/s1. The molecule has 1 aromatic rings. The maximum atomic E-state index is 12.6. The Labute approximate surface area is 153 Å². The lowest BCUT2D eigenvalue weighted by Crippen LogP contribution is -2.56. The fourth-order valence-electron chi connectivity index (χ4n) is 2.98. The number of nitrogens with zero attached hydrogens (tertiary/aromatic N) is 1. The van der Waals surface area contributed by atoms with Crippen molar-refractivity contribution in [2.45, 2.75) is 64.4 Å². The summed E-state index contributed by atoms with van der Waals surface area (Å²) in [7, 11) is 1.58. The second-order valence-electron chi connectivity index (χ2n) is 7.49. The van der Waals surface area contributed by atoms with Gasteiger partial charge in [-0.1, -0.05) is 0 Å². The third-order valence-corrected chi connectivity index (χ3v) is 4.39. The number of benzene rings is 1. The second-order valence-corrected chi connectivity index (χ2v) is 7.49. The summed E-state index contributed by atoms with van der Waals surface area (Å²) in [6.07, 6.45) is 0.486. The van der Waals surface area contributed by atoms with Gasteiger partial charge >= 0.3 is 5.97 Å². The van der Waals surface area contributed by atoms with Crippen molar-refractivity contribution in [3.05, 3.63) is 28.8 Å². The Balaban J connectivity index is 2.33. The average Bonchev–Trinajstić information content (AvgIpc) is 2.59. The van der Waals surface area contributed by atoms with Crippen LogP contribution in [-0.2, 0) is 32.1 Å². The second kappa shape index (κ2) is 7.62. The molecule has 7 heteroatoms. The molecule has 7 nitrogen and oxygen atoms in total. The van der Waals surface area contributed by atoms with Crippen LogP contribution in [0.15, 0.2) is 12.1 Å². The number of hydrogen-bond acceptors (Lipinski definition) is 7. The molecule has 0 saturated carbocycles. The predicted octanol–water partition coefficient (Wildman–Crippen LogP) is 2.39. The van der Waals surface area contributed by atoms with E-state index in [1.165, 1.54) is 0 Å². The van der Waals surface area contributed by atoms with Gasteiger partial charge in [-0.05, 0) is 52.7 Å². The summed E-state index contributed by atoms with van der Waals surface area (Å²) in [6, 6.07) is 5.58. The summed E-state index contributed by atoms with van der Waals surface area (Å²) in [4.78, 5) is 17.7. The largest absolute Gasteiger partial charge is 0.486 e. The SMILES string of the molecule is COCc1c(C#N)ccc2c1CC[C@H]([C@](C)(ON)C(=O)OC(C)(C)C)O2. The highest BCUT2D eigenvalue weighted by Gasteiger charge is 2.48. The first-order valence-corrected chi connectivity index (χ1v) is 8.48. The molecular weight excluding hydrogens is 336 g/mol. The fraction of sp³-hybridized carbons (Fsp3) is 0.579. The quantitative estimate of drug-likeness (QED) is 0.633. The summed E-state index contributed by atoms with van der Waals surface area (Å²) in [5.41, 5.74) is 0.152. The molecule has 0 unspecified atom stereocenters. The van der Waals surface area contributed by atoms with Crippen LogP contribution in [0, 0.1) is 11.3 Å². The van der Waals surface area contributed by atoms with Gasteiger partial charge in [-0.2, -0.15) is 5.26 Å². The van der Waals surface area contributed by atoms with Gasteiger partial charge < -0.3 is 14.2 Å². The molecule has 0 aliphatic carbocycles. The number of fused-ring (bicyclic) bond motifs is 1. The molecular formula is C19H26N2O5. The van der Waals surface area contributed by atoms with Crippen LogP contribution in [0.1, 0.15) is 50.8 Å². The van der Waals surface area contributed by atoms with Gasteiger partial charge in [0.1, 0.15) is 17.5 Å². The summed E-state index contributed by atoms with van der Waals surface area (Å²) in [5, 5.41) is 9.30. The topological polar surface area (TPSA) is 104 Å². The smallest absolute Gasteiger partial charge is 0.344 e. The molecule has 1 aromatic carbocycles. The van der Waals surface area contributed by atoms with Gasteiger partial charge in [0.15, 0.2) is 0 Å². The third kappa shape index (κ3) is 3.98. The fourth-order valence-corrected chi connectivity index (χ4v) is 2.98. The first-order valence-electron chi connectivity index (χ1n) is 8.48. The van der Waals surface area contributed by atoms with E-state index in [2.05, 4.69) is 6.07 Å². The van der Waals surface area contributed by atoms with E-state index in [4.69, 9.17) is 24.9 Å². The maximum absolute atomic E-state index is 12.6. The van der Waals surface area contributed by atoms with E-state index in [0.717, 1.165) is 11.1 Å². The first kappa shape index (κ1) is 20.2. The van der Waals surface area contributed by atoms with Gasteiger partial charge in [0.2, 0.25) is 5.60 Å². The van der Waals surface area contributed by atoms with E-state index in [9.17, 15) is 10.1 Å². The Morgan fingerprint density at radius 2 is 2.08 bits per heavy atom. The molecule has 26 heavy (non-hydrogen) atoms. The van der Waals surface area contributed by atoms with Crippen LogP contribution in [0.4, 0.5) is 0 Å². The minimum atomic E-state index is -1.44. The highest BCUT2D eigenvalue weighted by Crippen LogP contribution is 2.37. The lowest BCUT2D eigenvalue weighted by Gasteiger charge is -2.38. The van der Waals surface area contributed by atoms with Crippen molar-refractivity contribution in [3.63, 3.8) is 0 Å². The van der Waals surface area contributed by atoms with Crippen LogP contribution in [0.2, 0.25) is 0 Å². The van der Waals surface area contributed by atoms with Gasteiger partial charge in [-0.15, -0.1) is 0 Å². The number of carbonyl (C=O) groups excluding carboxylic acids is 1. The normalized spacial score (nSPS) is 18.9. The summed E-state index contributed by atoms with van der Waals surface area (Å²) >= 11 is 0. The van der Waals surface area contributed by atoms with Crippen LogP contribution in [0.25, 0.3) is 0 Å². The van der Waals surface area contributed by atoms with E-state index in [1.807, 2.05) is 0 Å². The molecule has 0 amide bonds. The highest BCUT2D eigenvalue weighted by atomic mass is 16.7. The Bertz CT molecular complexity index is 720. The van der Waals surface area contributed by atoms with Crippen molar-refractivity contribution in [2.75, 3.05) is 7.11 Å². The van der Waals surface area contributed by atoms with Crippen molar-refractivity contribution >= 4 is 5.97 Å². The average molecular weight is 362 g/mol. The van der Waals surface area contributed by atoms with Gasteiger partial charge in [-0.3, -0.25) is 4.84 Å². The summed E-state index contributed by atoms with van der Waals surface area (Å²) < 4.78 is 16.7. The number of methoxy groups -OCH3 is 1. The molecule has 142 valence electrons. The van der Waals surface area contributed by atoms with Crippen LogP contribution < -0.4 is 10.6 Å². The van der Waals surface area contributed by atoms with Crippen molar-refractivity contribution in [3.8, 4) is 11.8 Å². The van der Waals surface area contributed by atoms with E-state index >= 15 is 0 Å². The van der Waals surface area contributed by atoms with Crippen LogP contribution in [0.5, 0.6) is 5.75 Å². The molecule has 1 aliphatic heterocycles. The number of rotatable bonds is 5. The highest BCUT2D eigenvalue weighted by molar-refractivity contribution is 5.80. The minimum Gasteiger partial charge on any atom is -0.486 e. The summed E-state index contributed by atoms with van der Waals surface area (Å²) in [5.74, 6) is 5.48. The molecule has 2 N–H and O–H groups in total. The predicted molar refractivity (Wildman–Crippen MR) is 94.1 cm³/mol. The molecule has 0 aromatic heterocycles. The van der Waals surface area contributed by atoms with Crippen LogP contribution >= 0.6 is 0 Å². The van der Waals surface area contributed by atoms with Gasteiger partial charge in [-0.25, -0.2) is 10.7 Å². The zero-order valence-electron chi connectivity index (χ0n) is 15.9. The number of nitriles is 1. The number of carbonyl (C=O) groups is 1. The zero-order valence-corrected chi connectivity index (χ0v) is 15.9. The Kier molecular flexibility index (Phi) is 5.91. The molecule has 0 fully saturated rings. The van der Waals surface area contributed by atoms with Crippen LogP contribution in [-0.4, -0.2) is 30.4 Å². The molecule has 0 bridgehead atoms. The van der Waals surface area contributed by atoms with E-state index in [-0.39, 0.29) is 0 Å². The van der Waals surface area contributed by atoms with Crippen molar-refractivity contribution in [1.82, 2.24) is 0 Å². The third-order valence-electron chi connectivity index (χ3n) is 4.39. The van der Waals surface area contributed by atoms with Gasteiger partial charge in [0, 0.05) is 18.2 Å². The number of esters is 1. The lowest BCUT2D eigenvalue weighted by atomic mass is 9.88. The molecule has 0 saturated heterocycles. The van der Waals surface area contributed by atoms with E-state index in [1.54, 1.807) is 46.9 Å². The molecule has 1 heterocycles. The minimum absolute atomic E-state index is 0.316. The Morgan fingerprint density at radius 1 is 1.38 bits per heavy atom. The molecule has 0 spiro atoms. The van der Waals surface area contributed by atoms with Crippen molar-refractivity contribution in [1.29, 1.82) is 5.26 Å². The Morgan fingerprint density at radius 3 is 2.62 bits per heavy atom. The van der Waals surface area contributed by atoms with Crippen molar-refractivity contribution in [2.24, 2.45) is 5.90 Å². The van der Waals surface area contributed by atoms with Crippen molar-refractivity contribution < 1.29 is 23.8 Å².